The molecule has 2 fully saturated rings. The van der Waals surface area contributed by atoms with Gasteiger partial charge in [0, 0.05) is 17.9 Å². The van der Waals surface area contributed by atoms with E-state index in [-0.39, 0.29) is 0 Å². The number of rotatable bonds is 4. The maximum absolute atomic E-state index is 12.3. The average Bonchev–Trinajstić information content (AvgIpc) is 2.87. The fourth-order valence-corrected chi connectivity index (χ4v) is 5.83. The van der Waals surface area contributed by atoms with E-state index in [0.717, 1.165) is 11.5 Å². The van der Waals surface area contributed by atoms with Crippen molar-refractivity contribution in [2.45, 2.75) is 22.3 Å². The smallest absolute Gasteiger partial charge is 0.320 e. The van der Waals surface area contributed by atoms with Crippen LogP contribution in [0.1, 0.15) is 23.5 Å². The van der Waals surface area contributed by atoms with Crippen LogP contribution in [0.2, 0.25) is 0 Å². The Morgan fingerprint density at radius 1 is 1.27 bits per heavy atom. The first-order chi connectivity index (χ1) is 10.4. The molecule has 1 aromatic rings. The fraction of sp³-hybridized carbons (Fsp3) is 0.533. The zero-order chi connectivity index (χ0) is 16.0. The first kappa shape index (κ1) is 16.6. The Morgan fingerprint density at radius 3 is 2.45 bits per heavy atom. The minimum absolute atomic E-state index is 0.400. The maximum Gasteiger partial charge on any atom is 0.320 e. The molecule has 3 rings (SSSR count). The lowest BCUT2D eigenvalue weighted by Gasteiger charge is -2.16. The first-order valence-corrected chi connectivity index (χ1v) is 9.74. The molecule has 0 spiro atoms. The van der Waals surface area contributed by atoms with Crippen molar-refractivity contribution >= 4 is 52.7 Å². The van der Waals surface area contributed by atoms with Gasteiger partial charge in [0.25, 0.3) is 0 Å². The third-order valence-electron chi connectivity index (χ3n) is 3.99. The minimum atomic E-state index is -1.03. The summed E-state index contributed by atoms with van der Waals surface area (Å²) in [6.07, 6.45) is 0.400. The van der Waals surface area contributed by atoms with Gasteiger partial charge in [-0.25, -0.2) is 0 Å². The van der Waals surface area contributed by atoms with Gasteiger partial charge in [0.05, 0.1) is 11.7 Å². The summed E-state index contributed by atoms with van der Waals surface area (Å²) in [6.45, 7) is 1.71. The number of halogens is 2. The highest BCUT2D eigenvalue weighted by Crippen LogP contribution is 2.64. The number of hydrogen-bond donors (Lipinski definition) is 0. The largest absolute Gasteiger partial charge is 0.493 e. The minimum Gasteiger partial charge on any atom is -0.493 e. The molecule has 120 valence electrons. The lowest BCUT2D eigenvalue weighted by Crippen LogP contribution is -2.24. The number of carbonyl (C=O) groups excluding carboxylic acids is 1. The van der Waals surface area contributed by atoms with Gasteiger partial charge in [-0.05, 0) is 24.6 Å². The Morgan fingerprint density at radius 2 is 1.91 bits per heavy atom. The number of carbonyl (C=O) groups is 1. The lowest BCUT2D eigenvalue weighted by molar-refractivity contribution is -0.140. The number of alkyl halides is 2. The highest BCUT2D eigenvalue weighted by atomic mass is 35.5. The quantitative estimate of drug-likeness (QED) is 0.432. The second-order valence-electron chi connectivity index (χ2n) is 5.59. The maximum atomic E-state index is 12.3. The van der Waals surface area contributed by atoms with Crippen LogP contribution in [0.3, 0.4) is 0 Å². The van der Waals surface area contributed by atoms with Gasteiger partial charge in [-0.2, -0.15) is 0 Å². The molecular weight excluding hydrogens is 363 g/mol. The van der Waals surface area contributed by atoms with Crippen molar-refractivity contribution in [2.24, 2.45) is 5.41 Å². The third kappa shape index (κ3) is 2.93. The molecule has 1 aromatic carbocycles. The van der Waals surface area contributed by atoms with Gasteiger partial charge >= 0.3 is 5.97 Å². The van der Waals surface area contributed by atoms with E-state index in [4.69, 9.17) is 32.7 Å². The van der Waals surface area contributed by atoms with Gasteiger partial charge in [-0.15, -0.1) is 46.7 Å². The zero-order valence-electron chi connectivity index (χ0n) is 12.2. The Hall–Kier alpha value is -0.230. The monoisotopic (exact) mass is 378 g/mol. The van der Waals surface area contributed by atoms with E-state index in [9.17, 15) is 4.79 Å². The first-order valence-electron chi connectivity index (χ1n) is 6.89. The summed E-state index contributed by atoms with van der Waals surface area (Å²) in [5, 5.41) is 0. The van der Waals surface area contributed by atoms with Crippen LogP contribution < -0.4 is 9.47 Å². The van der Waals surface area contributed by atoms with Crippen LogP contribution in [-0.2, 0) is 4.79 Å². The van der Waals surface area contributed by atoms with Crippen LogP contribution in [0.5, 0.6) is 11.5 Å². The molecule has 2 aliphatic rings. The van der Waals surface area contributed by atoms with E-state index in [1.807, 2.05) is 35.7 Å². The van der Waals surface area contributed by atoms with Gasteiger partial charge in [0.1, 0.15) is 9.75 Å². The molecule has 3 nitrogen and oxygen atoms in total. The van der Waals surface area contributed by atoms with Crippen LogP contribution in [0.25, 0.3) is 0 Å². The van der Waals surface area contributed by atoms with E-state index >= 15 is 0 Å². The molecule has 7 heteroatoms. The molecule has 0 amide bonds. The van der Waals surface area contributed by atoms with Crippen LogP contribution in [-0.4, -0.2) is 28.9 Å². The van der Waals surface area contributed by atoms with E-state index in [0.29, 0.717) is 22.5 Å². The molecule has 1 aliphatic carbocycles. The van der Waals surface area contributed by atoms with Crippen molar-refractivity contribution in [3.05, 3.63) is 23.8 Å². The van der Waals surface area contributed by atoms with Crippen LogP contribution in [0.15, 0.2) is 18.2 Å². The number of benzene rings is 1. The van der Waals surface area contributed by atoms with Crippen LogP contribution in [0.4, 0.5) is 0 Å². The second-order valence-corrected chi connectivity index (χ2v) is 9.79. The molecule has 1 heterocycles. The zero-order valence-corrected chi connectivity index (χ0v) is 15.4. The van der Waals surface area contributed by atoms with Crippen molar-refractivity contribution in [2.75, 3.05) is 18.6 Å². The van der Waals surface area contributed by atoms with Gasteiger partial charge in [-0.3, -0.25) is 4.79 Å². The standard InChI is InChI=1S/C15H16Cl2O3S2/c1-14(8-15(14,16)17)13(18)20-10-4-3-9(7-11(10)19-2)12-21-5-6-22-12/h3-4,7,12H,5-6,8H2,1-2H3/t14-/m0/s1. The van der Waals surface area contributed by atoms with Crippen LogP contribution in [0, 0.1) is 5.41 Å². The van der Waals surface area contributed by atoms with Crippen molar-refractivity contribution in [1.29, 1.82) is 0 Å². The fourth-order valence-electron chi connectivity index (χ4n) is 2.30. The van der Waals surface area contributed by atoms with Gasteiger partial charge in [0.15, 0.2) is 11.5 Å². The molecule has 22 heavy (non-hydrogen) atoms. The third-order valence-corrected chi connectivity index (χ3v) is 8.20. The number of hydrogen-bond acceptors (Lipinski definition) is 5. The SMILES string of the molecule is COc1cc(C2SCCS2)ccc1OC(=O)[C@]1(C)CC1(Cl)Cl. The summed E-state index contributed by atoms with van der Waals surface area (Å²) in [5.41, 5.74) is 0.322. The van der Waals surface area contributed by atoms with E-state index < -0.39 is 15.7 Å². The van der Waals surface area contributed by atoms with E-state index in [1.165, 1.54) is 5.56 Å². The van der Waals surface area contributed by atoms with Crippen molar-refractivity contribution in [3.63, 3.8) is 0 Å². The topological polar surface area (TPSA) is 35.5 Å². The van der Waals surface area contributed by atoms with E-state index in [2.05, 4.69) is 0 Å². The average molecular weight is 379 g/mol. The van der Waals surface area contributed by atoms with Crippen molar-refractivity contribution in [3.8, 4) is 11.5 Å². The Bertz CT molecular complexity index is 602. The summed E-state index contributed by atoms with van der Waals surface area (Å²) >= 11 is 15.9. The summed E-state index contributed by atoms with van der Waals surface area (Å²) < 4.78 is 10.2. The molecule has 0 radical (unpaired) electrons. The predicted molar refractivity (Wildman–Crippen MR) is 93.4 cm³/mol. The van der Waals surface area contributed by atoms with Gasteiger partial charge in [0.2, 0.25) is 0 Å². The highest BCUT2D eigenvalue weighted by molar-refractivity contribution is 8.19. The lowest BCUT2D eigenvalue weighted by atomic mass is 10.1. The molecule has 1 aliphatic heterocycles. The van der Waals surface area contributed by atoms with Gasteiger partial charge < -0.3 is 9.47 Å². The van der Waals surface area contributed by atoms with E-state index in [1.54, 1.807) is 20.1 Å². The molecular formula is C15H16Cl2O3S2. The molecule has 1 saturated heterocycles. The molecule has 0 N–H and O–H groups in total. The van der Waals surface area contributed by atoms with Crippen molar-refractivity contribution in [1.82, 2.24) is 0 Å². The molecule has 0 unspecified atom stereocenters. The predicted octanol–water partition coefficient (Wildman–Crippen LogP) is 4.66. The number of esters is 1. The van der Waals surface area contributed by atoms with Crippen molar-refractivity contribution < 1.29 is 14.3 Å². The summed E-state index contributed by atoms with van der Waals surface area (Å²) in [4.78, 5) is 12.3. The number of ether oxygens (including phenoxy) is 2. The molecule has 1 saturated carbocycles. The Kier molecular flexibility index (Phi) is 4.54. The highest BCUT2D eigenvalue weighted by Gasteiger charge is 2.69. The molecule has 1 atom stereocenters. The van der Waals surface area contributed by atoms with Crippen LogP contribution >= 0.6 is 46.7 Å². The normalized spacial score (nSPS) is 26.7. The molecule has 0 bridgehead atoms. The number of thioether (sulfide) groups is 2. The van der Waals surface area contributed by atoms with Gasteiger partial charge in [-0.1, -0.05) is 6.07 Å². The number of methoxy groups -OCH3 is 1. The Labute approximate surface area is 148 Å². The summed E-state index contributed by atoms with van der Waals surface area (Å²) in [6, 6.07) is 5.69. The second kappa shape index (κ2) is 6.00. The Balaban J connectivity index is 1.78. The summed E-state index contributed by atoms with van der Waals surface area (Å²) in [5.74, 6) is 2.84. The summed E-state index contributed by atoms with van der Waals surface area (Å²) in [7, 11) is 1.57. The molecule has 0 aromatic heterocycles.